The highest BCUT2D eigenvalue weighted by Crippen LogP contribution is 2.52. The summed E-state index contributed by atoms with van der Waals surface area (Å²) >= 11 is 6.16. The lowest BCUT2D eigenvalue weighted by Gasteiger charge is -2.50. The number of hydrogen-bond donors (Lipinski definition) is 1. The van der Waals surface area contributed by atoms with Gasteiger partial charge < -0.3 is 0 Å². The van der Waals surface area contributed by atoms with E-state index < -0.39 is 0 Å². The van der Waals surface area contributed by atoms with Crippen LogP contribution in [0, 0.1) is 23.7 Å². The zero-order chi connectivity index (χ0) is 12.8. The lowest BCUT2D eigenvalue weighted by Crippen LogP contribution is -2.45. The molecule has 4 saturated carbocycles. The molecule has 0 aromatic heterocycles. The second kappa shape index (κ2) is 4.52. The zero-order valence-corrected chi connectivity index (χ0v) is 11.7. The molecule has 19 heavy (non-hydrogen) atoms. The largest absolute Gasteiger partial charge is 0.277 e. The van der Waals surface area contributed by atoms with Gasteiger partial charge in [0.15, 0.2) is 0 Å². The van der Waals surface area contributed by atoms with Crippen molar-refractivity contribution >= 4 is 23.0 Å². The van der Waals surface area contributed by atoms with Crippen LogP contribution in [0.1, 0.15) is 32.1 Å². The van der Waals surface area contributed by atoms with Crippen molar-refractivity contribution in [3.8, 4) is 0 Å². The van der Waals surface area contributed by atoms with Gasteiger partial charge in [-0.2, -0.15) is 5.10 Å². The van der Waals surface area contributed by atoms with E-state index in [1.54, 1.807) is 0 Å². The van der Waals surface area contributed by atoms with E-state index in [9.17, 15) is 0 Å². The smallest absolute Gasteiger partial charge is 0.0748 e. The third-order valence-electron chi connectivity index (χ3n) is 5.15. The van der Waals surface area contributed by atoms with Crippen LogP contribution in [0.5, 0.6) is 0 Å². The van der Waals surface area contributed by atoms with E-state index in [1.165, 1.54) is 37.8 Å². The summed E-state index contributed by atoms with van der Waals surface area (Å²) in [5.41, 5.74) is 5.54. The second-order valence-electron chi connectivity index (χ2n) is 6.43. The lowest BCUT2D eigenvalue weighted by atomic mass is 9.55. The molecule has 1 aromatic carbocycles. The number of para-hydroxylation sites is 1. The first-order chi connectivity index (χ1) is 9.29. The highest BCUT2D eigenvalue weighted by atomic mass is 35.5. The molecule has 4 bridgehead atoms. The van der Waals surface area contributed by atoms with E-state index in [2.05, 4.69) is 5.43 Å². The number of hydrogen-bond acceptors (Lipinski definition) is 2. The average molecular weight is 275 g/mol. The van der Waals surface area contributed by atoms with Crippen molar-refractivity contribution in [1.29, 1.82) is 0 Å². The van der Waals surface area contributed by atoms with Crippen LogP contribution in [0.15, 0.2) is 29.4 Å². The fourth-order valence-electron chi connectivity index (χ4n) is 4.53. The standard InChI is InChI=1S/C16H19ClN2/c17-14-3-1-2-4-15(14)18-19-16-12-6-10-5-11(8-12)9-13(16)7-10/h1-4,10-13,18H,5-9H2. The molecule has 4 aliphatic rings. The summed E-state index contributed by atoms with van der Waals surface area (Å²) in [7, 11) is 0. The fraction of sp³-hybridized carbons (Fsp3) is 0.562. The Kier molecular flexibility index (Phi) is 2.80. The molecular weight excluding hydrogens is 256 g/mol. The monoisotopic (exact) mass is 274 g/mol. The Labute approximate surface area is 119 Å². The van der Waals surface area contributed by atoms with Crippen LogP contribution in [0.25, 0.3) is 0 Å². The second-order valence-corrected chi connectivity index (χ2v) is 6.84. The average Bonchev–Trinajstić information content (AvgIpc) is 2.39. The molecule has 1 aromatic rings. The van der Waals surface area contributed by atoms with Gasteiger partial charge in [0.05, 0.1) is 10.7 Å². The number of rotatable bonds is 2. The summed E-state index contributed by atoms with van der Waals surface area (Å²) in [6, 6.07) is 7.83. The highest BCUT2D eigenvalue weighted by Gasteiger charge is 2.46. The van der Waals surface area contributed by atoms with Gasteiger partial charge in [-0.1, -0.05) is 23.7 Å². The molecule has 0 atom stereocenters. The van der Waals surface area contributed by atoms with Gasteiger partial charge in [0.1, 0.15) is 0 Å². The molecule has 1 N–H and O–H groups in total. The van der Waals surface area contributed by atoms with Gasteiger partial charge in [-0.25, -0.2) is 0 Å². The molecule has 0 heterocycles. The molecule has 0 aliphatic heterocycles. The van der Waals surface area contributed by atoms with Gasteiger partial charge in [-0.05, 0) is 67.9 Å². The van der Waals surface area contributed by atoms with Crippen LogP contribution < -0.4 is 5.43 Å². The van der Waals surface area contributed by atoms with Gasteiger partial charge in [0.25, 0.3) is 0 Å². The number of nitrogens with zero attached hydrogens (tertiary/aromatic N) is 1. The van der Waals surface area contributed by atoms with Gasteiger partial charge >= 0.3 is 0 Å². The fourth-order valence-corrected chi connectivity index (χ4v) is 4.70. The molecule has 0 saturated heterocycles. The van der Waals surface area contributed by atoms with E-state index in [-0.39, 0.29) is 0 Å². The van der Waals surface area contributed by atoms with Crippen molar-refractivity contribution in [3.63, 3.8) is 0 Å². The van der Waals surface area contributed by atoms with Crippen molar-refractivity contribution < 1.29 is 0 Å². The van der Waals surface area contributed by atoms with Crippen LogP contribution in [-0.2, 0) is 0 Å². The van der Waals surface area contributed by atoms with E-state index in [4.69, 9.17) is 16.7 Å². The normalized spacial score (nSPS) is 35.5. The SMILES string of the molecule is Clc1ccccc1NN=C1C2CC3CC(C2)CC1C3. The summed E-state index contributed by atoms with van der Waals surface area (Å²) in [4.78, 5) is 0. The first kappa shape index (κ1) is 11.8. The predicted molar refractivity (Wildman–Crippen MR) is 79.6 cm³/mol. The zero-order valence-electron chi connectivity index (χ0n) is 11.0. The third kappa shape index (κ3) is 2.06. The Bertz CT molecular complexity index is 493. The maximum Gasteiger partial charge on any atom is 0.0748 e. The first-order valence-electron chi connectivity index (χ1n) is 7.37. The summed E-state index contributed by atoms with van der Waals surface area (Å²) in [5, 5.41) is 5.48. The molecule has 0 radical (unpaired) electrons. The van der Waals surface area contributed by atoms with E-state index >= 15 is 0 Å². The van der Waals surface area contributed by atoms with E-state index in [0.717, 1.165) is 34.4 Å². The Morgan fingerprint density at radius 3 is 2.21 bits per heavy atom. The minimum Gasteiger partial charge on any atom is -0.277 e. The van der Waals surface area contributed by atoms with Crippen LogP contribution in [0.4, 0.5) is 5.69 Å². The molecule has 0 amide bonds. The number of halogens is 1. The van der Waals surface area contributed by atoms with Crippen molar-refractivity contribution in [3.05, 3.63) is 29.3 Å². The number of hydrazone groups is 1. The minimum atomic E-state index is 0.742. The minimum absolute atomic E-state index is 0.742. The van der Waals surface area contributed by atoms with Crippen molar-refractivity contribution in [1.82, 2.24) is 0 Å². The highest BCUT2D eigenvalue weighted by molar-refractivity contribution is 6.33. The molecule has 5 rings (SSSR count). The number of nitrogens with one attached hydrogen (secondary N) is 1. The maximum atomic E-state index is 6.16. The number of anilines is 1. The predicted octanol–water partition coefficient (Wildman–Crippen LogP) is 4.56. The van der Waals surface area contributed by atoms with Crippen molar-refractivity contribution in [2.75, 3.05) is 5.43 Å². The van der Waals surface area contributed by atoms with Gasteiger partial charge in [-0.15, -0.1) is 0 Å². The quantitative estimate of drug-likeness (QED) is 0.785. The summed E-state index contributed by atoms with van der Waals surface area (Å²) in [6.07, 6.45) is 6.97. The van der Waals surface area contributed by atoms with Crippen molar-refractivity contribution in [2.45, 2.75) is 32.1 Å². The van der Waals surface area contributed by atoms with Gasteiger partial charge in [0, 0.05) is 5.71 Å². The summed E-state index contributed by atoms with van der Waals surface area (Å²) in [5.74, 6) is 3.46. The summed E-state index contributed by atoms with van der Waals surface area (Å²) in [6.45, 7) is 0. The van der Waals surface area contributed by atoms with Gasteiger partial charge in [0.2, 0.25) is 0 Å². The molecule has 3 heteroatoms. The third-order valence-corrected chi connectivity index (χ3v) is 5.48. The Morgan fingerprint density at radius 2 is 1.58 bits per heavy atom. The Morgan fingerprint density at radius 1 is 0.947 bits per heavy atom. The topological polar surface area (TPSA) is 24.4 Å². The maximum absolute atomic E-state index is 6.16. The molecule has 4 aliphatic carbocycles. The molecule has 0 unspecified atom stereocenters. The molecular formula is C16H19ClN2. The van der Waals surface area contributed by atoms with Crippen LogP contribution >= 0.6 is 11.6 Å². The van der Waals surface area contributed by atoms with Crippen molar-refractivity contribution in [2.24, 2.45) is 28.8 Å². The Balaban J connectivity index is 1.56. The van der Waals surface area contributed by atoms with Crippen LogP contribution in [0.2, 0.25) is 5.02 Å². The van der Waals surface area contributed by atoms with E-state index in [0.29, 0.717) is 0 Å². The molecule has 0 spiro atoms. The Hall–Kier alpha value is -1.02. The van der Waals surface area contributed by atoms with Crippen LogP contribution in [0.3, 0.4) is 0 Å². The van der Waals surface area contributed by atoms with Crippen LogP contribution in [-0.4, -0.2) is 5.71 Å². The van der Waals surface area contributed by atoms with Gasteiger partial charge in [-0.3, -0.25) is 5.43 Å². The lowest BCUT2D eigenvalue weighted by molar-refractivity contribution is 0.108. The molecule has 100 valence electrons. The molecule has 2 nitrogen and oxygen atoms in total. The number of benzene rings is 1. The first-order valence-corrected chi connectivity index (χ1v) is 7.75. The summed E-state index contributed by atoms with van der Waals surface area (Å²) < 4.78 is 0. The van der Waals surface area contributed by atoms with E-state index in [1.807, 2.05) is 24.3 Å². The molecule has 4 fully saturated rings.